The van der Waals surface area contributed by atoms with Crippen LogP contribution in [0, 0.1) is 18.5 Å². The standard InChI is InChI=1S/C54H36N4O2.Pt/c1-54(2,3)34-27-28-55-51(29-34)58-48-31-37(23-24-43(48)45-25-26-46-44-20-9-11-22-50(44)60-53(46)52(45)58)59-36-14-12-13-35(30-36)56-32-49-42-19-7-6-17-40(42)38-15-4-5-16-39(38)41-18-8-10-21-47(41)57(49)33-56;/h4-29,32H,1-3H3;/q-2;. The van der Waals surface area contributed by atoms with E-state index in [-0.39, 0.29) is 26.5 Å². The zero-order valence-electron chi connectivity index (χ0n) is 33.5. The van der Waals surface area contributed by atoms with Crippen LogP contribution in [0.3, 0.4) is 0 Å². The molecule has 296 valence electrons. The first-order valence-corrected chi connectivity index (χ1v) is 20.2. The molecule has 0 bridgehead atoms. The van der Waals surface area contributed by atoms with Gasteiger partial charge in [-0.05, 0) is 74.1 Å². The summed E-state index contributed by atoms with van der Waals surface area (Å²) in [4.78, 5) is 4.94. The van der Waals surface area contributed by atoms with E-state index in [0.29, 0.717) is 11.5 Å². The van der Waals surface area contributed by atoms with E-state index in [0.717, 1.165) is 77.8 Å². The van der Waals surface area contributed by atoms with Gasteiger partial charge in [0.05, 0.1) is 16.9 Å². The summed E-state index contributed by atoms with van der Waals surface area (Å²) in [5.74, 6) is 1.91. The summed E-state index contributed by atoms with van der Waals surface area (Å²) in [5.41, 5.74) is 13.3. The molecule has 6 nitrogen and oxygen atoms in total. The Morgan fingerprint density at radius 1 is 0.623 bits per heavy atom. The summed E-state index contributed by atoms with van der Waals surface area (Å²) in [5, 5.41) is 4.22. The summed E-state index contributed by atoms with van der Waals surface area (Å²) >= 11 is 0. The van der Waals surface area contributed by atoms with Gasteiger partial charge in [-0.1, -0.05) is 123 Å². The molecule has 0 N–H and O–H groups in total. The van der Waals surface area contributed by atoms with Crippen LogP contribution in [0.15, 0.2) is 168 Å². The number of fused-ring (bicyclic) bond motifs is 15. The molecule has 0 spiro atoms. The van der Waals surface area contributed by atoms with E-state index < -0.39 is 0 Å². The quantitative estimate of drug-likeness (QED) is 0.130. The Labute approximate surface area is 367 Å². The van der Waals surface area contributed by atoms with Gasteiger partial charge in [0.1, 0.15) is 11.4 Å². The van der Waals surface area contributed by atoms with Crippen molar-refractivity contribution in [1.82, 2.24) is 14.1 Å². The van der Waals surface area contributed by atoms with E-state index in [1.807, 2.05) is 47.2 Å². The predicted octanol–water partition coefficient (Wildman–Crippen LogP) is 12.9. The van der Waals surface area contributed by atoms with Gasteiger partial charge in [0.15, 0.2) is 5.58 Å². The van der Waals surface area contributed by atoms with Crippen molar-refractivity contribution in [1.29, 1.82) is 0 Å². The predicted molar refractivity (Wildman–Crippen MR) is 238 cm³/mol. The topological polar surface area (TPSA) is 49.0 Å². The van der Waals surface area contributed by atoms with Gasteiger partial charge in [0, 0.05) is 55.7 Å². The molecule has 0 radical (unpaired) electrons. The Morgan fingerprint density at radius 3 is 2.11 bits per heavy atom. The van der Waals surface area contributed by atoms with Gasteiger partial charge in [-0.15, -0.1) is 29.7 Å². The molecule has 0 amide bonds. The third kappa shape index (κ3) is 5.89. The normalized spacial score (nSPS) is 12.0. The largest absolute Gasteiger partial charge is 0.510 e. The molecule has 1 aliphatic rings. The second-order valence-corrected chi connectivity index (χ2v) is 16.4. The minimum Gasteiger partial charge on any atom is -0.510 e. The SMILES string of the molecule is CC(C)(C)c1ccnc(-n2c3[c-]c(Oc4[c-]c(-n5[c-][n+]6c(c5)-c5ccccc5-c5ccccc5-c5ccccc5-6)ccc4)ccc3c3ccc4c5ccccc5oc4c32)c1.[Pt]. The number of pyridine rings is 1. The summed E-state index contributed by atoms with van der Waals surface area (Å²) in [7, 11) is 0. The first kappa shape index (κ1) is 37.0. The number of hydrogen-bond donors (Lipinski definition) is 0. The minimum atomic E-state index is -0.0743. The molecule has 0 saturated heterocycles. The van der Waals surface area contributed by atoms with Crippen LogP contribution in [-0.4, -0.2) is 14.1 Å². The second-order valence-electron chi connectivity index (χ2n) is 16.4. The van der Waals surface area contributed by atoms with Crippen molar-refractivity contribution in [2.24, 2.45) is 0 Å². The Bertz CT molecular complexity index is 3450. The molecule has 1 aliphatic heterocycles. The summed E-state index contributed by atoms with van der Waals surface area (Å²) in [6.45, 7) is 6.66. The molecule has 0 atom stereocenters. The van der Waals surface area contributed by atoms with Crippen LogP contribution >= 0.6 is 0 Å². The molecule has 11 aromatic rings. The monoisotopic (exact) mass is 967 g/mol. The third-order valence-electron chi connectivity index (χ3n) is 11.8. The Kier molecular flexibility index (Phi) is 8.52. The number of benzene rings is 7. The molecule has 7 heteroatoms. The molecule has 0 aliphatic carbocycles. The first-order chi connectivity index (χ1) is 29.4. The molecule has 0 fully saturated rings. The van der Waals surface area contributed by atoms with Crippen LogP contribution < -0.4 is 9.30 Å². The Morgan fingerprint density at radius 2 is 1.30 bits per heavy atom. The van der Waals surface area contributed by atoms with Crippen LogP contribution in [0.5, 0.6) is 11.5 Å². The maximum atomic E-state index is 6.64. The van der Waals surface area contributed by atoms with Crippen molar-refractivity contribution in [2.75, 3.05) is 0 Å². The van der Waals surface area contributed by atoms with Crippen LogP contribution in [0.2, 0.25) is 0 Å². The van der Waals surface area contributed by atoms with E-state index in [1.165, 1.54) is 22.3 Å². The van der Waals surface area contributed by atoms with Gasteiger partial charge in [-0.3, -0.25) is 4.57 Å². The molecular formula is C54H36N4O2Pt-2. The van der Waals surface area contributed by atoms with E-state index in [4.69, 9.17) is 14.1 Å². The van der Waals surface area contributed by atoms with Gasteiger partial charge in [0.25, 0.3) is 6.33 Å². The van der Waals surface area contributed by atoms with E-state index in [2.05, 4.69) is 170 Å². The molecule has 4 aromatic heterocycles. The van der Waals surface area contributed by atoms with Crippen LogP contribution in [0.25, 0.3) is 94.4 Å². The van der Waals surface area contributed by atoms with E-state index in [9.17, 15) is 0 Å². The van der Waals surface area contributed by atoms with Gasteiger partial charge < -0.3 is 18.3 Å². The molecule has 61 heavy (non-hydrogen) atoms. The van der Waals surface area contributed by atoms with E-state index in [1.54, 1.807) is 0 Å². The number of nitrogens with zero attached hydrogens (tertiary/aromatic N) is 4. The summed E-state index contributed by atoms with van der Waals surface area (Å²) < 4.78 is 19.6. The number of imidazole rings is 1. The fraction of sp³-hybridized carbons (Fsp3) is 0.0741. The van der Waals surface area contributed by atoms with Gasteiger partial charge in [-0.25, -0.2) is 4.98 Å². The maximum Gasteiger partial charge on any atom is 0.267 e. The smallest absolute Gasteiger partial charge is 0.267 e. The molecule has 12 rings (SSSR count). The van der Waals surface area contributed by atoms with Gasteiger partial charge in [-0.2, -0.15) is 18.2 Å². The molecule has 0 saturated carbocycles. The number of para-hydroxylation sites is 2. The second kappa shape index (κ2) is 14.0. The summed E-state index contributed by atoms with van der Waals surface area (Å²) in [6, 6.07) is 59.8. The van der Waals surface area contributed by atoms with Gasteiger partial charge >= 0.3 is 0 Å². The third-order valence-corrected chi connectivity index (χ3v) is 11.8. The number of ether oxygens (including phenoxy) is 1. The fourth-order valence-electron chi connectivity index (χ4n) is 8.89. The number of furan rings is 1. The molecular weight excluding hydrogens is 932 g/mol. The molecule has 5 heterocycles. The zero-order chi connectivity index (χ0) is 40.1. The number of aromatic nitrogens is 4. The van der Waals surface area contributed by atoms with Crippen LogP contribution in [0.4, 0.5) is 0 Å². The maximum absolute atomic E-state index is 6.64. The minimum absolute atomic E-state index is 0. The first-order valence-electron chi connectivity index (χ1n) is 20.2. The summed E-state index contributed by atoms with van der Waals surface area (Å²) in [6.07, 6.45) is 7.68. The van der Waals surface area contributed by atoms with Crippen molar-refractivity contribution < 1.29 is 34.8 Å². The van der Waals surface area contributed by atoms with Crippen molar-refractivity contribution in [2.45, 2.75) is 26.2 Å². The fourth-order valence-corrected chi connectivity index (χ4v) is 8.89. The van der Waals surface area contributed by atoms with Crippen molar-refractivity contribution in [3.8, 4) is 62.2 Å². The van der Waals surface area contributed by atoms with Gasteiger partial charge in [0.2, 0.25) is 0 Å². The number of rotatable bonds is 4. The molecule has 7 aromatic carbocycles. The van der Waals surface area contributed by atoms with Crippen LogP contribution in [-0.2, 0) is 26.5 Å². The van der Waals surface area contributed by atoms with Crippen LogP contribution in [0.1, 0.15) is 26.3 Å². The number of hydrogen-bond acceptors (Lipinski definition) is 3. The zero-order valence-corrected chi connectivity index (χ0v) is 35.8. The molecule has 0 unspecified atom stereocenters. The van der Waals surface area contributed by atoms with Crippen molar-refractivity contribution in [3.63, 3.8) is 0 Å². The Balaban J connectivity index is 0.00000420. The van der Waals surface area contributed by atoms with Crippen molar-refractivity contribution in [3.05, 3.63) is 188 Å². The van der Waals surface area contributed by atoms with E-state index >= 15 is 0 Å². The average Bonchev–Trinajstić information content (AvgIpc) is 3.98. The Hall–Kier alpha value is -7.01. The van der Waals surface area contributed by atoms with Crippen molar-refractivity contribution >= 4 is 43.7 Å². The average molecular weight is 968 g/mol.